The van der Waals surface area contributed by atoms with E-state index in [4.69, 9.17) is 9.47 Å². The van der Waals surface area contributed by atoms with Crippen molar-refractivity contribution in [2.45, 2.75) is 83.2 Å². The molecule has 0 bridgehead atoms. The zero-order valence-corrected chi connectivity index (χ0v) is 62.6. The molecule has 6 aliphatic rings. The first-order chi connectivity index (χ1) is 57.3. The Hall–Kier alpha value is -15.1. The van der Waals surface area contributed by atoms with E-state index in [1.807, 2.05) is 0 Å². The van der Waals surface area contributed by atoms with Gasteiger partial charge < -0.3 is 106 Å². The van der Waals surface area contributed by atoms with Crippen LogP contribution in [0.4, 0.5) is 0 Å². The molecular formula is C98H74O21. The molecule has 19 N–H and O–H groups in total. The maximum absolute atomic E-state index is 15.8. The molecule has 14 aromatic carbocycles. The van der Waals surface area contributed by atoms with E-state index in [1.165, 1.54) is 133 Å². The summed E-state index contributed by atoms with van der Waals surface area (Å²) in [6.07, 6.45) is -2.37. The lowest BCUT2D eigenvalue weighted by Crippen LogP contribution is -2.21. The van der Waals surface area contributed by atoms with E-state index in [0.29, 0.717) is 61.2 Å². The number of hydrogen-bond acceptors (Lipinski definition) is 21. The molecular weight excluding hydrogens is 1510 g/mol. The number of aromatic hydroxyl groups is 19. The summed E-state index contributed by atoms with van der Waals surface area (Å²) in [4.78, 5) is 0. The molecule has 0 aromatic heterocycles. The van der Waals surface area contributed by atoms with Gasteiger partial charge in [-0.25, -0.2) is 0 Å². The average molecular weight is 1590 g/mol. The van der Waals surface area contributed by atoms with Crippen LogP contribution in [0.1, 0.15) is 206 Å². The van der Waals surface area contributed by atoms with E-state index in [-0.39, 0.29) is 147 Å². The molecule has 592 valence electrons. The van der Waals surface area contributed by atoms with Gasteiger partial charge in [-0.2, -0.15) is 0 Å². The first-order valence-electron chi connectivity index (χ1n) is 38.7. The zero-order chi connectivity index (χ0) is 82.3. The predicted molar refractivity (Wildman–Crippen MR) is 434 cm³/mol. The summed E-state index contributed by atoms with van der Waals surface area (Å²) in [5, 5.41) is 234. The summed E-state index contributed by atoms with van der Waals surface area (Å²) < 4.78 is 15.1. The number of phenols is 19. The minimum absolute atomic E-state index is 0.0241. The molecule has 119 heavy (non-hydrogen) atoms. The number of fused-ring (bicyclic) bond motifs is 4. The molecule has 21 nitrogen and oxygen atoms in total. The van der Waals surface area contributed by atoms with E-state index in [1.54, 1.807) is 91.0 Å². The maximum Gasteiger partial charge on any atom is 0.135 e. The first-order valence-corrected chi connectivity index (χ1v) is 38.7. The van der Waals surface area contributed by atoms with Crippen molar-refractivity contribution in [3.63, 3.8) is 0 Å². The highest BCUT2D eigenvalue weighted by Crippen LogP contribution is 2.76. The van der Waals surface area contributed by atoms with Gasteiger partial charge in [-0.05, 0) is 205 Å². The first kappa shape index (κ1) is 72.8. The molecule has 0 radical (unpaired) electrons. The number of ether oxygens (including phenoxy) is 2. The highest BCUT2D eigenvalue weighted by atomic mass is 16.5. The van der Waals surface area contributed by atoms with Gasteiger partial charge in [-0.15, -0.1) is 0 Å². The maximum atomic E-state index is 15.8. The SMILES string of the molecule is Oc1ccc([C@H](c2c(O)c3c4c5c2O[C@H](c2ccc(O)cc2)[C@H]5c2cc(O)cc(O)c2[C@H](c2ccc(O)cc2)[C@@H]4[C@@H](c2ccc(O)cc2)[C@@H]3c2cc(O)cc3c2[C@@H](c2cc(O)cc(O)c2)[C@H](c2ccc(O)cc2)O3)[C@@H]2c3cc(O)cc(O)c3[C@H](c3ccc(O)cc3)[C@H]3c4c2c(O)cc(O)c4[C@H](c2cc(O)cc(O)c2)[C@H]3c2ccc(O)cc2)cc1. The van der Waals surface area contributed by atoms with Crippen molar-refractivity contribution >= 4 is 0 Å². The van der Waals surface area contributed by atoms with Crippen LogP contribution < -0.4 is 9.47 Å². The standard InChI is InChI=1S/C98H74O21/c99-51-15-1-42(2-16-51)73-78(49-29-58(106)33-59(107)30-49)86-70(115)41-71(116)87-83(65-35-62(110)38-68(113)80(65)74(88(73)90(86)87)43-3-17-52(100)18-4-43)77(46-9-23-55(103)24-10-46)94-95(117)92-84(67-37-64(112)40-72-82(67)79(50-31-60(108)34-61(109)32-50)96(118-72)47-11-25-56(104)26-12-47)76(45-7-21-54(102)22-8-45)89-75(44-5-19-53(101)20-6-44)81-66(36-63(111)39-69(81)114)85-93(91(89)92)98(94)119-97(85)48-13-27-57(105)28-14-48/h1-41,73-79,83-85,88-89,96-97,99-117H/t73-,74+,75+,76+,77+,78-,79-,83+,84+,85+,88+,89-,96+,97-/m1/s1. The van der Waals surface area contributed by atoms with Crippen LogP contribution in [0, 0.1) is 0 Å². The van der Waals surface area contributed by atoms with Gasteiger partial charge in [0.1, 0.15) is 133 Å². The van der Waals surface area contributed by atoms with Crippen LogP contribution in [0.3, 0.4) is 0 Å². The second-order valence-electron chi connectivity index (χ2n) is 32.1. The van der Waals surface area contributed by atoms with Gasteiger partial charge in [0.15, 0.2) is 0 Å². The normalized spacial score (nSPS) is 22.1. The molecule has 0 saturated carbocycles. The number of hydrogen-bond donors (Lipinski definition) is 19. The third-order valence-electron chi connectivity index (χ3n) is 25.6. The van der Waals surface area contributed by atoms with Crippen LogP contribution in [0.25, 0.3) is 0 Å². The van der Waals surface area contributed by atoms with Crippen LogP contribution in [0.15, 0.2) is 249 Å². The summed E-state index contributed by atoms with van der Waals surface area (Å²) >= 11 is 0. The molecule has 0 saturated heterocycles. The van der Waals surface area contributed by atoms with Crippen LogP contribution in [0.2, 0.25) is 0 Å². The lowest BCUT2D eigenvalue weighted by Gasteiger charge is -2.35. The molecule has 0 spiro atoms. The van der Waals surface area contributed by atoms with Gasteiger partial charge >= 0.3 is 0 Å². The average Bonchev–Trinajstić information content (AvgIpc) is 1.50. The number of phenolic OH excluding ortho intramolecular Hbond substituents is 19. The summed E-state index contributed by atoms with van der Waals surface area (Å²) in [5.41, 5.74) is 6.21. The molecule has 4 aliphatic carbocycles. The van der Waals surface area contributed by atoms with Gasteiger partial charge in [0.2, 0.25) is 0 Å². The Kier molecular flexibility index (Phi) is 16.5. The van der Waals surface area contributed by atoms with Crippen molar-refractivity contribution in [1.82, 2.24) is 0 Å². The summed E-state index contributed by atoms with van der Waals surface area (Å²) in [5.74, 6) is -20.6. The molecule has 2 aliphatic heterocycles. The Labute approximate surface area is 678 Å². The Bertz CT molecular complexity index is 6450. The smallest absolute Gasteiger partial charge is 0.135 e. The predicted octanol–water partition coefficient (Wildman–Crippen LogP) is 17.9. The van der Waals surface area contributed by atoms with Crippen molar-refractivity contribution in [3.05, 3.63) is 371 Å². The highest BCUT2D eigenvalue weighted by molar-refractivity contribution is 5.80. The lowest BCUT2D eigenvalue weighted by molar-refractivity contribution is 0.218. The largest absolute Gasteiger partial charge is 0.508 e. The fourth-order valence-corrected chi connectivity index (χ4v) is 21.5. The van der Waals surface area contributed by atoms with E-state index >= 15 is 5.11 Å². The molecule has 14 atom stereocenters. The minimum Gasteiger partial charge on any atom is -0.508 e. The second-order valence-corrected chi connectivity index (χ2v) is 32.1. The Morgan fingerprint density at radius 2 is 0.555 bits per heavy atom. The van der Waals surface area contributed by atoms with E-state index in [9.17, 15) is 91.9 Å². The van der Waals surface area contributed by atoms with Crippen LogP contribution in [0.5, 0.6) is 121 Å². The Balaban J connectivity index is 0.991. The monoisotopic (exact) mass is 1590 g/mol. The van der Waals surface area contributed by atoms with Crippen LogP contribution >= 0.6 is 0 Å². The molecule has 21 heteroatoms. The number of rotatable bonds is 12. The quantitative estimate of drug-likeness (QED) is 0.0540. The van der Waals surface area contributed by atoms with Crippen molar-refractivity contribution < 1.29 is 106 Å². The highest BCUT2D eigenvalue weighted by Gasteiger charge is 2.61. The topological polar surface area (TPSA) is 403 Å². The van der Waals surface area contributed by atoms with Gasteiger partial charge in [0.25, 0.3) is 0 Å². The molecule has 0 fully saturated rings. The van der Waals surface area contributed by atoms with E-state index < -0.39 is 118 Å². The van der Waals surface area contributed by atoms with Gasteiger partial charge in [-0.1, -0.05) is 84.9 Å². The molecule has 2 heterocycles. The Morgan fingerprint density at radius 3 is 1.03 bits per heavy atom. The third kappa shape index (κ3) is 11.4. The van der Waals surface area contributed by atoms with Crippen LogP contribution in [-0.2, 0) is 0 Å². The van der Waals surface area contributed by atoms with E-state index in [0.717, 1.165) is 24.3 Å². The number of benzene rings is 14. The van der Waals surface area contributed by atoms with Crippen molar-refractivity contribution in [2.75, 3.05) is 0 Å². The summed E-state index contributed by atoms with van der Waals surface area (Å²) in [7, 11) is 0. The van der Waals surface area contributed by atoms with Crippen molar-refractivity contribution in [1.29, 1.82) is 0 Å². The third-order valence-corrected chi connectivity index (χ3v) is 25.6. The van der Waals surface area contributed by atoms with Crippen molar-refractivity contribution in [2.24, 2.45) is 0 Å². The molecule has 0 amide bonds. The van der Waals surface area contributed by atoms with E-state index in [2.05, 4.69) is 0 Å². The van der Waals surface area contributed by atoms with Gasteiger partial charge in [0, 0.05) is 140 Å². The summed E-state index contributed by atoms with van der Waals surface area (Å²) in [6, 6.07) is 61.5. The van der Waals surface area contributed by atoms with Gasteiger partial charge in [0.05, 0.1) is 11.8 Å². The molecule has 14 aromatic rings. The molecule has 0 unspecified atom stereocenters. The summed E-state index contributed by atoms with van der Waals surface area (Å²) in [6.45, 7) is 0. The minimum atomic E-state index is -1.61. The fourth-order valence-electron chi connectivity index (χ4n) is 21.5. The Morgan fingerprint density at radius 1 is 0.210 bits per heavy atom. The van der Waals surface area contributed by atoms with Gasteiger partial charge in [-0.3, -0.25) is 0 Å². The zero-order valence-electron chi connectivity index (χ0n) is 62.6. The van der Waals surface area contributed by atoms with Crippen LogP contribution in [-0.4, -0.2) is 97.0 Å². The second kappa shape index (κ2) is 27.0. The molecule has 20 rings (SSSR count). The fraction of sp³-hybridized carbons (Fsp3) is 0.143. The van der Waals surface area contributed by atoms with Crippen molar-refractivity contribution in [3.8, 4) is 121 Å². The lowest BCUT2D eigenvalue weighted by atomic mass is 9.67.